The van der Waals surface area contributed by atoms with Crippen LogP contribution in [0.5, 0.6) is 0 Å². The summed E-state index contributed by atoms with van der Waals surface area (Å²) < 4.78 is 29.2. The van der Waals surface area contributed by atoms with Crippen molar-refractivity contribution < 1.29 is 18.7 Å². The van der Waals surface area contributed by atoms with Gasteiger partial charge in [-0.1, -0.05) is 6.07 Å². The van der Waals surface area contributed by atoms with Crippen molar-refractivity contribution in [1.29, 1.82) is 0 Å². The van der Waals surface area contributed by atoms with E-state index in [1.165, 1.54) is 12.3 Å². The number of hydrogen-bond acceptors (Lipinski definition) is 2. The van der Waals surface area contributed by atoms with Gasteiger partial charge in [-0.05, 0) is 18.9 Å². The van der Waals surface area contributed by atoms with Gasteiger partial charge in [0, 0.05) is 17.3 Å². The highest BCUT2D eigenvalue weighted by molar-refractivity contribution is 5.88. The highest BCUT2D eigenvalue weighted by Gasteiger charge is 2.25. The van der Waals surface area contributed by atoms with E-state index in [-0.39, 0.29) is 5.56 Å². The number of halogens is 2. The van der Waals surface area contributed by atoms with Gasteiger partial charge in [-0.2, -0.15) is 5.10 Å². The number of carboxylic acids is 1. The molecule has 2 aromatic rings. The summed E-state index contributed by atoms with van der Waals surface area (Å²) in [6.45, 7) is 0. The maximum atomic E-state index is 13.9. The molecule has 1 aromatic heterocycles. The highest BCUT2D eigenvalue weighted by atomic mass is 19.2. The molecule has 1 saturated carbocycles. The van der Waals surface area contributed by atoms with Crippen molar-refractivity contribution in [2.45, 2.75) is 18.9 Å². The van der Waals surface area contributed by atoms with Crippen LogP contribution in [0.25, 0.3) is 11.1 Å². The monoisotopic (exact) mass is 264 g/mol. The normalized spacial score (nSPS) is 14.6. The Morgan fingerprint density at radius 3 is 2.68 bits per heavy atom. The lowest BCUT2D eigenvalue weighted by Gasteiger charge is -2.04. The zero-order chi connectivity index (χ0) is 13.6. The van der Waals surface area contributed by atoms with Crippen LogP contribution in [0.4, 0.5) is 8.78 Å². The molecule has 0 radical (unpaired) electrons. The molecule has 1 aliphatic rings. The summed E-state index contributed by atoms with van der Waals surface area (Å²) in [5.41, 5.74) is -0.203. The molecule has 1 aromatic carbocycles. The van der Waals surface area contributed by atoms with Crippen molar-refractivity contribution in [3.05, 3.63) is 41.7 Å². The number of rotatable bonds is 3. The number of benzene rings is 1. The van der Waals surface area contributed by atoms with E-state index >= 15 is 0 Å². The van der Waals surface area contributed by atoms with Crippen molar-refractivity contribution in [2.24, 2.45) is 0 Å². The molecule has 1 aliphatic carbocycles. The molecule has 0 saturated heterocycles. The Hall–Kier alpha value is -2.24. The SMILES string of the molecule is O=C(O)c1ccc(-c2cnn(C3CC3)c2)c(F)c1F. The van der Waals surface area contributed by atoms with E-state index < -0.39 is 23.2 Å². The minimum Gasteiger partial charge on any atom is -0.478 e. The molecule has 1 N–H and O–H groups in total. The third-order valence-electron chi connectivity index (χ3n) is 3.15. The number of aromatic carboxylic acids is 1. The van der Waals surface area contributed by atoms with Crippen LogP contribution in [0.1, 0.15) is 29.2 Å². The summed E-state index contributed by atoms with van der Waals surface area (Å²) in [5, 5.41) is 12.8. The number of aromatic nitrogens is 2. The molecule has 1 fully saturated rings. The molecule has 4 nitrogen and oxygen atoms in total. The van der Waals surface area contributed by atoms with E-state index in [2.05, 4.69) is 5.10 Å². The zero-order valence-electron chi connectivity index (χ0n) is 9.81. The molecular weight excluding hydrogens is 254 g/mol. The Morgan fingerprint density at radius 2 is 2.05 bits per heavy atom. The van der Waals surface area contributed by atoms with Gasteiger partial charge in [-0.3, -0.25) is 4.68 Å². The highest BCUT2D eigenvalue weighted by Crippen LogP contribution is 2.35. The summed E-state index contributed by atoms with van der Waals surface area (Å²) in [4.78, 5) is 10.7. The predicted octanol–water partition coefficient (Wildman–Crippen LogP) is 2.86. The first kappa shape index (κ1) is 11.8. The number of carboxylic acid groups (broad SMARTS) is 1. The van der Waals surface area contributed by atoms with Crippen LogP contribution < -0.4 is 0 Å². The average Bonchev–Trinajstić information content (AvgIpc) is 3.11. The molecule has 0 aliphatic heterocycles. The molecule has 98 valence electrons. The van der Waals surface area contributed by atoms with Crippen LogP contribution in [0.15, 0.2) is 24.5 Å². The first-order valence-electron chi connectivity index (χ1n) is 5.83. The van der Waals surface area contributed by atoms with E-state index in [9.17, 15) is 13.6 Å². The summed E-state index contributed by atoms with van der Waals surface area (Å²) in [6.07, 6.45) is 5.18. The second kappa shape index (κ2) is 4.15. The van der Waals surface area contributed by atoms with Gasteiger partial charge in [-0.15, -0.1) is 0 Å². The van der Waals surface area contributed by atoms with Gasteiger partial charge in [-0.25, -0.2) is 13.6 Å². The lowest BCUT2D eigenvalue weighted by molar-refractivity contribution is 0.0690. The number of carbonyl (C=O) groups is 1. The smallest absolute Gasteiger partial charge is 0.338 e. The first-order chi connectivity index (χ1) is 9.08. The van der Waals surface area contributed by atoms with E-state index in [4.69, 9.17) is 5.11 Å². The van der Waals surface area contributed by atoms with Gasteiger partial charge in [0.15, 0.2) is 11.6 Å². The third kappa shape index (κ3) is 1.99. The third-order valence-corrected chi connectivity index (χ3v) is 3.15. The zero-order valence-corrected chi connectivity index (χ0v) is 9.81. The van der Waals surface area contributed by atoms with Crippen LogP contribution >= 0.6 is 0 Å². The lowest BCUT2D eigenvalue weighted by Crippen LogP contribution is -2.03. The minimum atomic E-state index is -1.49. The standard InChI is InChI=1S/C13H10F2N2O2/c14-11-9(3-4-10(12(11)15)13(18)19)7-5-16-17(6-7)8-1-2-8/h3-6,8H,1-2H2,(H,18,19). The lowest BCUT2D eigenvalue weighted by atomic mass is 10.1. The van der Waals surface area contributed by atoms with Crippen molar-refractivity contribution in [3.63, 3.8) is 0 Å². The summed E-state index contributed by atoms with van der Waals surface area (Å²) >= 11 is 0. The molecule has 0 atom stereocenters. The molecule has 3 rings (SSSR count). The Balaban J connectivity index is 2.04. The maximum Gasteiger partial charge on any atom is 0.338 e. The summed E-state index contributed by atoms with van der Waals surface area (Å²) in [7, 11) is 0. The average molecular weight is 264 g/mol. The molecule has 6 heteroatoms. The summed E-state index contributed by atoms with van der Waals surface area (Å²) in [5.74, 6) is -3.99. The van der Waals surface area contributed by atoms with Crippen LogP contribution in [-0.2, 0) is 0 Å². The van der Waals surface area contributed by atoms with Gasteiger partial charge in [0.2, 0.25) is 0 Å². The van der Waals surface area contributed by atoms with E-state index in [1.54, 1.807) is 10.9 Å². The van der Waals surface area contributed by atoms with Crippen molar-refractivity contribution in [2.75, 3.05) is 0 Å². The van der Waals surface area contributed by atoms with Crippen LogP contribution in [0.2, 0.25) is 0 Å². The second-order valence-electron chi connectivity index (χ2n) is 4.53. The minimum absolute atomic E-state index is 0.0226. The van der Waals surface area contributed by atoms with Gasteiger partial charge < -0.3 is 5.11 Å². The van der Waals surface area contributed by atoms with Crippen molar-refractivity contribution in [3.8, 4) is 11.1 Å². The molecule has 1 heterocycles. The molecular formula is C13H10F2N2O2. The Bertz CT molecular complexity index is 663. The van der Waals surface area contributed by atoms with E-state index in [1.807, 2.05) is 0 Å². The number of hydrogen-bond donors (Lipinski definition) is 1. The topological polar surface area (TPSA) is 55.1 Å². The van der Waals surface area contributed by atoms with Gasteiger partial charge in [0.05, 0.1) is 17.8 Å². The fourth-order valence-corrected chi connectivity index (χ4v) is 1.95. The summed E-state index contributed by atoms with van der Waals surface area (Å²) in [6, 6.07) is 2.67. The molecule has 0 spiro atoms. The molecule has 0 unspecified atom stereocenters. The predicted molar refractivity (Wildman–Crippen MR) is 62.8 cm³/mol. The van der Waals surface area contributed by atoms with E-state index in [0.29, 0.717) is 11.6 Å². The Kier molecular flexibility index (Phi) is 2.58. The van der Waals surface area contributed by atoms with Crippen molar-refractivity contribution >= 4 is 5.97 Å². The fraction of sp³-hybridized carbons (Fsp3) is 0.231. The first-order valence-corrected chi connectivity index (χ1v) is 5.83. The second-order valence-corrected chi connectivity index (χ2v) is 4.53. The number of nitrogens with zero attached hydrogens (tertiary/aromatic N) is 2. The Labute approximate surface area is 107 Å². The molecule has 19 heavy (non-hydrogen) atoms. The molecule has 0 bridgehead atoms. The van der Waals surface area contributed by atoms with Gasteiger partial charge in [0.25, 0.3) is 0 Å². The fourth-order valence-electron chi connectivity index (χ4n) is 1.95. The van der Waals surface area contributed by atoms with Crippen LogP contribution in [0, 0.1) is 11.6 Å². The van der Waals surface area contributed by atoms with Crippen LogP contribution in [-0.4, -0.2) is 20.9 Å². The molecule has 0 amide bonds. The largest absolute Gasteiger partial charge is 0.478 e. The maximum absolute atomic E-state index is 13.9. The van der Waals surface area contributed by atoms with Crippen molar-refractivity contribution in [1.82, 2.24) is 9.78 Å². The van der Waals surface area contributed by atoms with Crippen LogP contribution in [0.3, 0.4) is 0 Å². The van der Waals surface area contributed by atoms with Gasteiger partial charge >= 0.3 is 5.97 Å². The Morgan fingerprint density at radius 1 is 1.32 bits per heavy atom. The van der Waals surface area contributed by atoms with Gasteiger partial charge in [0.1, 0.15) is 0 Å². The van der Waals surface area contributed by atoms with E-state index in [0.717, 1.165) is 18.9 Å². The quantitative estimate of drug-likeness (QED) is 0.927.